The zero-order valence-corrected chi connectivity index (χ0v) is 11.6. The molecule has 0 radical (unpaired) electrons. The first-order chi connectivity index (χ1) is 7.86. The second-order valence-electron chi connectivity index (χ2n) is 5.28. The lowest BCUT2D eigenvalue weighted by molar-refractivity contribution is 0.0900. The van der Waals surface area contributed by atoms with Crippen LogP contribution in [0.2, 0.25) is 0 Å². The Morgan fingerprint density at radius 3 is 2.65 bits per heavy atom. The first-order valence-electron chi connectivity index (χ1n) is 5.73. The molecule has 96 valence electrons. The van der Waals surface area contributed by atoms with Gasteiger partial charge in [0.2, 0.25) is 0 Å². The van der Waals surface area contributed by atoms with Crippen LogP contribution in [-0.4, -0.2) is 28.0 Å². The van der Waals surface area contributed by atoms with Gasteiger partial charge in [-0.05, 0) is 18.8 Å². The molecule has 1 heterocycles. The third kappa shape index (κ3) is 3.73. The smallest absolute Gasteiger partial charge is 0.254 e. The molecule has 2 N–H and O–H groups in total. The quantitative estimate of drug-likeness (QED) is 0.815. The fourth-order valence-electron chi connectivity index (χ4n) is 1.65. The van der Waals surface area contributed by atoms with Gasteiger partial charge < -0.3 is 5.32 Å². The molecule has 0 bridgehead atoms. The first kappa shape index (κ1) is 14.0. The van der Waals surface area contributed by atoms with Gasteiger partial charge in [-0.3, -0.25) is 9.89 Å². The molecule has 0 aliphatic rings. The molecule has 1 aromatic heterocycles. The Bertz CT molecular complexity index is 381. The molecular weight excluding hydrogens is 238 g/mol. The van der Waals surface area contributed by atoms with Crippen LogP contribution in [0.5, 0.6) is 0 Å². The van der Waals surface area contributed by atoms with E-state index in [4.69, 9.17) is 11.6 Å². The number of carbonyl (C=O) groups is 1. The van der Waals surface area contributed by atoms with Gasteiger partial charge in [0.25, 0.3) is 5.91 Å². The molecule has 1 rings (SSSR count). The summed E-state index contributed by atoms with van der Waals surface area (Å²) < 4.78 is 0. The molecule has 17 heavy (non-hydrogen) atoms. The summed E-state index contributed by atoms with van der Waals surface area (Å²) in [6.45, 7) is 8.10. The minimum Gasteiger partial charge on any atom is -0.349 e. The maximum Gasteiger partial charge on any atom is 0.254 e. The van der Waals surface area contributed by atoms with E-state index in [1.807, 2.05) is 6.92 Å². The average molecular weight is 258 g/mol. The summed E-state index contributed by atoms with van der Waals surface area (Å²) in [5, 5.41) is 9.62. The van der Waals surface area contributed by atoms with Crippen molar-refractivity contribution in [2.75, 3.05) is 5.88 Å². The number of aromatic amines is 1. The predicted molar refractivity (Wildman–Crippen MR) is 69.4 cm³/mol. The van der Waals surface area contributed by atoms with E-state index in [-0.39, 0.29) is 17.4 Å². The van der Waals surface area contributed by atoms with Crippen LogP contribution in [-0.2, 0) is 0 Å². The molecule has 0 aromatic carbocycles. The van der Waals surface area contributed by atoms with E-state index in [0.717, 1.165) is 12.1 Å². The number of nitrogens with zero attached hydrogens (tertiary/aromatic N) is 1. The van der Waals surface area contributed by atoms with E-state index in [1.165, 1.54) is 0 Å². The van der Waals surface area contributed by atoms with Gasteiger partial charge in [0.15, 0.2) is 0 Å². The summed E-state index contributed by atoms with van der Waals surface area (Å²) in [5.74, 6) is 0.438. The molecular formula is C12H20ClN3O. The SMILES string of the molecule is Cc1[nH]ncc1C(=O)NC(CCCl)C(C)(C)C. The van der Waals surface area contributed by atoms with Crippen molar-refractivity contribution in [3.05, 3.63) is 17.5 Å². The zero-order valence-electron chi connectivity index (χ0n) is 10.8. The van der Waals surface area contributed by atoms with Gasteiger partial charge in [-0.15, -0.1) is 11.6 Å². The van der Waals surface area contributed by atoms with Gasteiger partial charge in [-0.25, -0.2) is 0 Å². The van der Waals surface area contributed by atoms with E-state index in [9.17, 15) is 4.79 Å². The summed E-state index contributed by atoms with van der Waals surface area (Å²) in [6.07, 6.45) is 2.30. The van der Waals surface area contributed by atoms with Crippen LogP contribution in [0.1, 0.15) is 43.2 Å². The fraction of sp³-hybridized carbons (Fsp3) is 0.667. The van der Waals surface area contributed by atoms with Crippen LogP contribution >= 0.6 is 11.6 Å². The Balaban J connectivity index is 2.75. The Morgan fingerprint density at radius 1 is 1.59 bits per heavy atom. The number of halogens is 1. The molecule has 1 unspecified atom stereocenters. The number of carbonyl (C=O) groups excluding carboxylic acids is 1. The molecule has 5 heteroatoms. The topological polar surface area (TPSA) is 57.8 Å². The zero-order chi connectivity index (χ0) is 13.1. The number of nitrogens with one attached hydrogen (secondary N) is 2. The van der Waals surface area contributed by atoms with Gasteiger partial charge in [-0.1, -0.05) is 20.8 Å². The van der Waals surface area contributed by atoms with Crippen molar-refractivity contribution in [1.82, 2.24) is 15.5 Å². The lowest BCUT2D eigenvalue weighted by Gasteiger charge is -2.31. The largest absolute Gasteiger partial charge is 0.349 e. The van der Waals surface area contributed by atoms with Gasteiger partial charge in [0.05, 0.1) is 11.8 Å². The Kier molecular flexibility index (Phi) is 4.57. The molecule has 0 aliphatic heterocycles. The number of amides is 1. The van der Waals surface area contributed by atoms with Crippen molar-refractivity contribution >= 4 is 17.5 Å². The maximum atomic E-state index is 12.0. The number of hydrogen-bond donors (Lipinski definition) is 2. The highest BCUT2D eigenvalue weighted by atomic mass is 35.5. The molecule has 0 saturated heterocycles. The number of rotatable bonds is 4. The maximum absolute atomic E-state index is 12.0. The van der Waals surface area contributed by atoms with Crippen molar-refractivity contribution in [1.29, 1.82) is 0 Å². The van der Waals surface area contributed by atoms with Gasteiger partial charge in [0.1, 0.15) is 0 Å². The second-order valence-corrected chi connectivity index (χ2v) is 5.66. The lowest BCUT2D eigenvalue weighted by Crippen LogP contribution is -2.44. The summed E-state index contributed by atoms with van der Waals surface area (Å²) in [6, 6.07) is 0.0572. The third-order valence-electron chi connectivity index (χ3n) is 2.82. The highest BCUT2D eigenvalue weighted by Gasteiger charge is 2.26. The van der Waals surface area contributed by atoms with Crippen LogP contribution in [0.15, 0.2) is 6.20 Å². The predicted octanol–water partition coefficient (Wildman–Crippen LogP) is 2.49. The van der Waals surface area contributed by atoms with Crippen LogP contribution < -0.4 is 5.32 Å². The highest BCUT2D eigenvalue weighted by molar-refractivity contribution is 6.17. The first-order valence-corrected chi connectivity index (χ1v) is 6.26. The summed E-state index contributed by atoms with van der Waals surface area (Å²) in [7, 11) is 0. The third-order valence-corrected chi connectivity index (χ3v) is 3.04. The van der Waals surface area contributed by atoms with Gasteiger partial charge in [-0.2, -0.15) is 5.10 Å². The normalized spacial score (nSPS) is 13.5. The van der Waals surface area contributed by atoms with E-state index >= 15 is 0 Å². The van der Waals surface area contributed by atoms with Crippen LogP contribution in [0, 0.1) is 12.3 Å². The summed E-state index contributed by atoms with van der Waals surface area (Å²) in [4.78, 5) is 12.0. The van der Waals surface area contributed by atoms with E-state index in [0.29, 0.717) is 11.4 Å². The number of H-pyrrole nitrogens is 1. The van der Waals surface area contributed by atoms with Crippen molar-refractivity contribution in [2.24, 2.45) is 5.41 Å². The van der Waals surface area contributed by atoms with Gasteiger partial charge in [0, 0.05) is 17.6 Å². The molecule has 1 aromatic rings. The lowest BCUT2D eigenvalue weighted by atomic mass is 9.85. The molecule has 0 saturated carbocycles. The molecule has 1 atom stereocenters. The van der Waals surface area contributed by atoms with Crippen molar-refractivity contribution in [3.8, 4) is 0 Å². The Hall–Kier alpha value is -1.03. The fourth-order valence-corrected chi connectivity index (χ4v) is 1.86. The van der Waals surface area contributed by atoms with Gasteiger partial charge >= 0.3 is 0 Å². The summed E-state index contributed by atoms with van der Waals surface area (Å²) >= 11 is 5.77. The number of aryl methyl sites for hydroxylation is 1. The average Bonchev–Trinajstić information content (AvgIpc) is 2.62. The Labute approximate surface area is 107 Å². The van der Waals surface area contributed by atoms with E-state index < -0.39 is 0 Å². The van der Waals surface area contributed by atoms with Crippen LogP contribution in [0.4, 0.5) is 0 Å². The molecule has 0 fully saturated rings. The molecule has 4 nitrogen and oxygen atoms in total. The van der Waals surface area contributed by atoms with Crippen LogP contribution in [0.25, 0.3) is 0 Å². The standard InChI is InChI=1S/C12H20ClN3O/c1-8-9(7-14-16-8)11(17)15-10(5-6-13)12(2,3)4/h7,10H,5-6H2,1-4H3,(H,14,16)(H,15,17). The highest BCUT2D eigenvalue weighted by Crippen LogP contribution is 2.22. The molecule has 0 aliphatic carbocycles. The second kappa shape index (κ2) is 5.54. The monoisotopic (exact) mass is 257 g/mol. The number of aromatic nitrogens is 2. The van der Waals surface area contributed by atoms with E-state index in [1.54, 1.807) is 6.20 Å². The minimum atomic E-state index is -0.0960. The van der Waals surface area contributed by atoms with Crippen molar-refractivity contribution < 1.29 is 4.79 Å². The van der Waals surface area contributed by atoms with Crippen molar-refractivity contribution in [3.63, 3.8) is 0 Å². The molecule has 1 amide bonds. The molecule has 0 spiro atoms. The summed E-state index contributed by atoms with van der Waals surface area (Å²) in [5.41, 5.74) is 1.36. The van der Waals surface area contributed by atoms with Crippen LogP contribution in [0.3, 0.4) is 0 Å². The van der Waals surface area contributed by atoms with Crippen molar-refractivity contribution in [2.45, 2.75) is 40.2 Å². The Morgan fingerprint density at radius 2 is 2.24 bits per heavy atom. The van der Waals surface area contributed by atoms with E-state index in [2.05, 4.69) is 36.3 Å². The number of alkyl halides is 1. The minimum absolute atomic E-state index is 0.0117. The number of hydrogen-bond acceptors (Lipinski definition) is 2.